The quantitative estimate of drug-likeness (QED) is 0.838. The summed E-state index contributed by atoms with van der Waals surface area (Å²) in [5.41, 5.74) is 1.46. The van der Waals surface area contributed by atoms with Gasteiger partial charge in [0.25, 0.3) is 0 Å². The number of fused-ring (bicyclic) bond motifs is 1. The molecule has 2 aromatic rings. The highest BCUT2D eigenvalue weighted by molar-refractivity contribution is 6.09. The van der Waals surface area contributed by atoms with E-state index in [1.54, 1.807) is 19.4 Å². The van der Waals surface area contributed by atoms with Gasteiger partial charge in [-0.05, 0) is 18.2 Å². The highest BCUT2D eigenvalue weighted by Gasteiger charge is 2.15. The van der Waals surface area contributed by atoms with E-state index in [2.05, 4.69) is 0 Å². The van der Waals surface area contributed by atoms with Crippen molar-refractivity contribution in [2.45, 2.75) is 12.8 Å². The first kappa shape index (κ1) is 13.1. The van der Waals surface area contributed by atoms with Gasteiger partial charge in [0.2, 0.25) is 0 Å². The third-order valence-electron chi connectivity index (χ3n) is 3.06. The van der Waals surface area contributed by atoms with Crippen molar-refractivity contribution in [2.24, 2.45) is 7.05 Å². The van der Waals surface area contributed by atoms with Gasteiger partial charge in [0.1, 0.15) is 5.75 Å². The zero-order chi connectivity index (χ0) is 14.0. The molecule has 0 radical (unpaired) electrons. The Labute approximate surface area is 110 Å². The van der Waals surface area contributed by atoms with E-state index in [9.17, 15) is 9.59 Å². The zero-order valence-electron chi connectivity index (χ0n) is 10.8. The van der Waals surface area contributed by atoms with E-state index >= 15 is 0 Å². The Bertz CT molecular complexity index is 642. The van der Waals surface area contributed by atoms with Crippen LogP contribution in [0.1, 0.15) is 23.2 Å². The lowest BCUT2D eigenvalue weighted by Gasteiger charge is -2.01. The number of Topliss-reactive ketones (excluding diaryl/α,β-unsaturated/α-hetero) is 1. The minimum absolute atomic E-state index is 0.00561. The Hall–Kier alpha value is -2.30. The van der Waals surface area contributed by atoms with Gasteiger partial charge in [-0.1, -0.05) is 0 Å². The molecule has 1 N–H and O–H groups in total. The highest BCUT2D eigenvalue weighted by Crippen LogP contribution is 2.26. The summed E-state index contributed by atoms with van der Waals surface area (Å²) >= 11 is 0. The van der Waals surface area contributed by atoms with Crippen LogP contribution in [0, 0.1) is 0 Å². The Kier molecular flexibility index (Phi) is 3.55. The van der Waals surface area contributed by atoms with Crippen LogP contribution in [0.2, 0.25) is 0 Å². The summed E-state index contributed by atoms with van der Waals surface area (Å²) in [6.45, 7) is 0. The number of carboxylic acids is 1. The van der Waals surface area contributed by atoms with Gasteiger partial charge in [-0.2, -0.15) is 0 Å². The minimum atomic E-state index is -0.967. The predicted molar refractivity (Wildman–Crippen MR) is 70.7 cm³/mol. The summed E-state index contributed by atoms with van der Waals surface area (Å²) in [6, 6.07) is 5.50. The third-order valence-corrected chi connectivity index (χ3v) is 3.06. The SMILES string of the molecule is COc1ccc2c(c1)c(C(=O)CCC(=O)O)cn2C. The van der Waals surface area contributed by atoms with E-state index in [-0.39, 0.29) is 18.6 Å². The summed E-state index contributed by atoms with van der Waals surface area (Å²) in [5.74, 6) is -0.460. The van der Waals surface area contributed by atoms with Crippen LogP contribution in [-0.4, -0.2) is 28.5 Å². The molecule has 2 rings (SSSR count). The number of hydrogen-bond donors (Lipinski definition) is 1. The Morgan fingerprint density at radius 2 is 2.05 bits per heavy atom. The fourth-order valence-corrected chi connectivity index (χ4v) is 2.08. The van der Waals surface area contributed by atoms with Crippen molar-refractivity contribution in [3.63, 3.8) is 0 Å². The second-order valence-electron chi connectivity index (χ2n) is 4.35. The van der Waals surface area contributed by atoms with Crippen molar-refractivity contribution >= 4 is 22.7 Å². The van der Waals surface area contributed by atoms with E-state index in [1.807, 2.05) is 23.7 Å². The summed E-state index contributed by atoms with van der Waals surface area (Å²) in [4.78, 5) is 22.6. The van der Waals surface area contributed by atoms with Crippen molar-refractivity contribution in [3.8, 4) is 5.75 Å². The van der Waals surface area contributed by atoms with Crippen LogP contribution in [0.25, 0.3) is 10.9 Å². The fourth-order valence-electron chi connectivity index (χ4n) is 2.08. The zero-order valence-corrected chi connectivity index (χ0v) is 10.8. The molecule has 0 saturated carbocycles. The van der Waals surface area contributed by atoms with Crippen molar-refractivity contribution in [3.05, 3.63) is 30.0 Å². The number of aryl methyl sites for hydroxylation is 1. The molecule has 19 heavy (non-hydrogen) atoms. The molecule has 5 heteroatoms. The molecule has 0 saturated heterocycles. The van der Waals surface area contributed by atoms with Crippen LogP contribution in [-0.2, 0) is 11.8 Å². The molecule has 0 aliphatic heterocycles. The van der Waals surface area contributed by atoms with Crippen LogP contribution in [0.3, 0.4) is 0 Å². The number of hydrogen-bond acceptors (Lipinski definition) is 3. The number of nitrogens with zero attached hydrogens (tertiary/aromatic N) is 1. The molecule has 0 spiro atoms. The van der Waals surface area contributed by atoms with E-state index in [1.165, 1.54) is 0 Å². The lowest BCUT2D eigenvalue weighted by molar-refractivity contribution is -0.136. The minimum Gasteiger partial charge on any atom is -0.497 e. The van der Waals surface area contributed by atoms with E-state index in [4.69, 9.17) is 9.84 Å². The van der Waals surface area contributed by atoms with Crippen molar-refractivity contribution < 1.29 is 19.4 Å². The van der Waals surface area contributed by atoms with Crippen LogP contribution >= 0.6 is 0 Å². The smallest absolute Gasteiger partial charge is 0.303 e. The molecule has 5 nitrogen and oxygen atoms in total. The maximum atomic E-state index is 12.1. The predicted octanol–water partition coefficient (Wildman–Crippen LogP) is 2.23. The standard InChI is InChI=1S/C14H15NO4/c1-15-8-11(13(16)5-6-14(17)18)10-7-9(19-2)3-4-12(10)15/h3-4,7-8H,5-6H2,1-2H3,(H,17,18). The van der Waals surface area contributed by atoms with Gasteiger partial charge in [-0.25, -0.2) is 0 Å². The Balaban J connectivity index is 2.42. The first-order valence-corrected chi connectivity index (χ1v) is 5.91. The first-order chi connectivity index (χ1) is 9.02. The highest BCUT2D eigenvalue weighted by atomic mass is 16.5. The summed E-state index contributed by atoms with van der Waals surface area (Å²) < 4.78 is 7.00. The lowest BCUT2D eigenvalue weighted by atomic mass is 10.1. The van der Waals surface area contributed by atoms with Crippen LogP contribution < -0.4 is 4.74 Å². The van der Waals surface area contributed by atoms with Crippen molar-refractivity contribution in [1.29, 1.82) is 0 Å². The number of benzene rings is 1. The lowest BCUT2D eigenvalue weighted by Crippen LogP contribution is -2.03. The normalized spacial score (nSPS) is 10.6. The van der Waals surface area contributed by atoms with Gasteiger partial charge >= 0.3 is 5.97 Å². The molecular weight excluding hydrogens is 246 g/mol. The van der Waals surface area contributed by atoms with Gasteiger partial charge in [-0.3, -0.25) is 9.59 Å². The second-order valence-corrected chi connectivity index (χ2v) is 4.35. The topological polar surface area (TPSA) is 68.5 Å². The Morgan fingerprint density at radius 1 is 1.32 bits per heavy atom. The van der Waals surface area contributed by atoms with E-state index < -0.39 is 5.97 Å². The van der Waals surface area contributed by atoms with Gasteiger partial charge in [-0.15, -0.1) is 0 Å². The van der Waals surface area contributed by atoms with Crippen LogP contribution in [0.15, 0.2) is 24.4 Å². The molecule has 0 aliphatic carbocycles. The second kappa shape index (κ2) is 5.14. The molecule has 0 unspecified atom stereocenters. The summed E-state index contributed by atoms with van der Waals surface area (Å²) in [7, 11) is 3.42. The molecular formula is C14H15NO4. The van der Waals surface area contributed by atoms with Crippen LogP contribution in [0.5, 0.6) is 5.75 Å². The van der Waals surface area contributed by atoms with E-state index in [0.717, 1.165) is 10.9 Å². The van der Waals surface area contributed by atoms with E-state index in [0.29, 0.717) is 11.3 Å². The molecule has 0 bridgehead atoms. The monoisotopic (exact) mass is 261 g/mol. The molecule has 1 heterocycles. The van der Waals surface area contributed by atoms with Gasteiger partial charge in [0.15, 0.2) is 5.78 Å². The molecule has 0 aliphatic rings. The number of carbonyl (C=O) groups is 2. The third kappa shape index (κ3) is 2.59. The van der Waals surface area contributed by atoms with Gasteiger partial charge in [0.05, 0.1) is 13.5 Å². The summed E-state index contributed by atoms with van der Waals surface area (Å²) in [5, 5.41) is 9.42. The fraction of sp³-hybridized carbons (Fsp3) is 0.286. The Morgan fingerprint density at radius 3 is 2.68 bits per heavy atom. The average molecular weight is 261 g/mol. The number of rotatable bonds is 5. The molecule has 0 fully saturated rings. The first-order valence-electron chi connectivity index (χ1n) is 5.91. The number of carboxylic acid groups (broad SMARTS) is 1. The molecule has 0 amide bonds. The molecule has 1 aromatic heterocycles. The van der Waals surface area contributed by atoms with Crippen LogP contribution in [0.4, 0.5) is 0 Å². The molecule has 0 atom stereocenters. The number of methoxy groups -OCH3 is 1. The van der Waals surface area contributed by atoms with Crippen molar-refractivity contribution in [2.75, 3.05) is 7.11 Å². The van der Waals surface area contributed by atoms with Crippen molar-refractivity contribution in [1.82, 2.24) is 4.57 Å². The number of aromatic nitrogens is 1. The van der Waals surface area contributed by atoms with Gasteiger partial charge in [0, 0.05) is 36.1 Å². The number of carbonyl (C=O) groups excluding carboxylic acids is 1. The van der Waals surface area contributed by atoms with Gasteiger partial charge < -0.3 is 14.4 Å². The molecule has 100 valence electrons. The molecule has 1 aromatic carbocycles. The largest absolute Gasteiger partial charge is 0.497 e. The number of ether oxygens (including phenoxy) is 1. The average Bonchev–Trinajstić information content (AvgIpc) is 2.73. The number of ketones is 1. The summed E-state index contributed by atoms with van der Waals surface area (Å²) in [6.07, 6.45) is 1.58. The maximum Gasteiger partial charge on any atom is 0.303 e. The number of aliphatic carboxylic acids is 1. The maximum absolute atomic E-state index is 12.1.